The van der Waals surface area contributed by atoms with Crippen LogP contribution < -0.4 is 5.32 Å². The van der Waals surface area contributed by atoms with E-state index >= 15 is 0 Å². The van der Waals surface area contributed by atoms with Crippen LogP contribution in [0.1, 0.15) is 12.8 Å². The minimum Gasteiger partial charge on any atom is -0.392 e. The predicted molar refractivity (Wildman–Crippen MR) is 50.0 cm³/mol. The van der Waals surface area contributed by atoms with Crippen LogP contribution in [0.5, 0.6) is 0 Å². The Hall–Kier alpha value is 0.270. The van der Waals surface area contributed by atoms with Gasteiger partial charge < -0.3 is 10.4 Å². The van der Waals surface area contributed by atoms with Gasteiger partial charge in [0.2, 0.25) is 0 Å². The number of aliphatic hydroxyl groups is 1. The van der Waals surface area contributed by atoms with Gasteiger partial charge in [-0.2, -0.15) is 11.8 Å². The zero-order valence-electron chi connectivity index (χ0n) is 7.21. The summed E-state index contributed by atoms with van der Waals surface area (Å²) in [4.78, 5) is 0. The normalized spacial score (nSPS) is 37.9. The Morgan fingerprint density at radius 2 is 2.27 bits per heavy atom. The van der Waals surface area contributed by atoms with Gasteiger partial charge >= 0.3 is 0 Å². The number of nitrogens with one attached hydrogen (secondary N) is 1. The van der Waals surface area contributed by atoms with Gasteiger partial charge in [0.1, 0.15) is 0 Å². The van der Waals surface area contributed by atoms with Crippen LogP contribution >= 0.6 is 11.8 Å². The van der Waals surface area contributed by atoms with E-state index in [0.717, 1.165) is 13.0 Å². The lowest BCUT2D eigenvalue weighted by atomic mass is 10.1. The first-order valence-corrected chi connectivity index (χ1v) is 5.42. The van der Waals surface area contributed by atoms with Crippen molar-refractivity contribution in [3.63, 3.8) is 0 Å². The van der Waals surface area contributed by atoms with Crippen molar-refractivity contribution in [2.24, 2.45) is 5.92 Å². The van der Waals surface area contributed by atoms with E-state index in [4.69, 9.17) is 0 Å². The Morgan fingerprint density at radius 3 is 2.73 bits per heavy atom. The lowest BCUT2D eigenvalue weighted by molar-refractivity contribution is 0.182. The molecule has 0 aliphatic heterocycles. The molecule has 0 bridgehead atoms. The van der Waals surface area contributed by atoms with E-state index in [1.165, 1.54) is 6.42 Å². The molecule has 0 aromatic carbocycles. The molecule has 1 rings (SSSR count). The monoisotopic (exact) mass is 175 g/mol. The van der Waals surface area contributed by atoms with Gasteiger partial charge in [0.05, 0.1) is 6.10 Å². The zero-order valence-corrected chi connectivity index (χ0v) is 8.03. The first-order valence-electron chi connectivity index (χ1n) is 4.13. The van der Waals surface area contributed by atoms with Crippen LogP contribution in [0.2, 0.25) is 0 Å². The van der Waals surface area contributed by atoms with Crippen LogP contribution in [-0.2, 0) is 0 Å². The largest absolute Gasteiger partial charge is 0.392 e. The van der Waals surface area contributed by atoms with Gasteiger partial charge in [0.25, 0.3) is 0 Å². The molecule has 1 aliphatic rings. The number of hydrogen-bond donors (Lipinski definition) is 2. The van der Waals surface area contributed by atoms with Gasteiger partial charge in [-0.25, -0.2) is 0 Å². The van der Waals surface area contributed by atoms with Crippen molar-refractivity contribution in [1.29, 1.82) is 0 Å². The fourth-order valence-corrected chi connectivity index (χ4v) is 2.67. The molecule has 0 saturated heterocycles. The lowest BCUT2D eigenvalue weighted by Crippen LogP contribution is -2.16. The summed E-state index contributed by atoms with van der Waals surface area (Å²) in [6, 6.07) is 0. The summed E-state index contributed by atoms with van der Waals surface area (Å²) in [6.45, 7) is 1.05. The van der Waals surface area contributed by atoms with E-state index in [9.17, 15) is 5.11 Å². The number of aliphatic hydroxyl groups excluding tert-OH is 1. The highest BCUT2D eigenvalue weighted by atomic mass is 32.2. The third kappa shape index (κ3) is 2.36. The van der Waals surface area contributed by atoms with Crippen molar-refractivity contribution in [1.82, 2.24) is 5.32 Å². The summed E-state index contributed by atoms with van der Waals surface area (Å²) < 4.78 is 0. The van der Waals surface area contributed by atoms with E-state index in [1.807, 2.05) is 7.05 Å². The van der Waals surface area contributed by atoms with Crippen LogP contribution in [0.3, 0.4) is 0 Å². The maximum Gasteiger partial charge on any atom is 0.0661 e. The maximum absolute atomic E-state index is 9.54. The lowest BCUT2D eigenvalue weighted by Gasteiger charge is -2.09. The smallest absolute Gasteiger partial charge is 0.0661 e. The molecule has 0 aromatic heterocycles. The van der Waals surface area contributed by atoms with E-state index in [2.05, 4.69) is 11.6 Å². The van der Waals surface area contributed by atoms with Gasteiger partial charge in [-0.15, -0.1) is 0 Å². The fraction of sp³-hybridized carbons (Fsp3) is 1.00. The summed E-state index contributed by atoms with van der Waals surface area (Å²) in [5.74, 6) is 0.687. The topological polar surface area (TPSA) is 32.3 Å². The average molecular weight is 175 g/mol. The highest BCUT2D eigenvalue weighted by Crippen LogP contribution is 2.32. The molecule has 3 atom stereocenters. The van der Waals surface area contributed by atoms with Gasteiger partial charge in [-0.05, 0) is 38.6 Å². The summed E-state index contributed by atoms with van der Waals surface area (Å²) in [5.41, 5.74) is 0. The van der Waals surface area contributed by atoms with Crippen molar-refractivity contribution in [2.45, 2.75) is 24.2 Å². The molecule has 0 amide bonds. The third-order valence-electron chi connectivity index (χ3n) is 2.37. The molecule has 0 aromatic rings. The number of thioether (sulfide) groups is 1. The Kier molecular flexibility index (Phi) is 3.69. The summed E-state index contributed by atoms with van der Waals surface area (Å²) in [7, 11) is 1.97. The van der Waals surface area contributed by atoms with E-state index in [1.54, 1.807) is 11.8 Å². The van der Waals surface area contributed by atoms with E-state index in [-0.39, 0.29) is 6.10 Å². The van der Waals surface area contributed by atoms with Crippen LogP contribution in [-0.4, -0.2) is 36.3 Å². The van der Waals surface area contributed by atoms with Gasteiger partial charge in [0.15, 0.2) is 0 Å². The first kappa shape index (κ1) is 9.36. The average Bonchev–Trinajstić information content (AvgIpc) is 2.32. The van der Waals surface area contributed by atoms with Crippen LogP contribution in [0.15, 0.2) is 0 Å². The molecule has 3 heteroatoms. The van der Waals surface area contributed by atoms with Crippen LogP contribution in [0.4, 0.5) is 0 Å². The molecule has 0 unspecified atom stereocenters. The Balaban J connectivity index is 2.30. The van der Waals surface area contributed by atoms with Crippen LogP contribution in [0.25, 0.3) is 0 Å². The van der Waals surface area contributed by atoms with Crippen molar-refractivity contribution in [2.75, 3.05) is 19.8 Å². The maximum atomic E-state index is 9.54. The molecule has 1 aliphatic carbocycles. The Labute approximate surface area is 72.8 Å². The molecular weight excluding hydrogens is 158 g/mol. The summed E-state index contributed by atoms with van der Waals surface area (Å²) >= 11 is 1.79. The molecule has 11 heavy (non-hydrogen) atoms. The molecular formula is C8H17NOS. The highest BCUT2D eigenvalue weighted by molar-refractivity contribution is 7.99. The van der Waals surface area contributed by atoms with Crippen molar-refractivity contribution >= 4 is 11.8 Å². The molecule has 0 heterocycles. The minimum absolute atomic E-state index is 0.0663. The van der Waals surface area contributed by atoms with Gasteiger partial charge in [-0.3, -0.25) is 0 Å². The molecule has 2 N–H and O–H groups in total. The molecule has 2 nitrogen and oxygen atoms in total. The quantitative estimate of drug-likeness (QED) is 0.662. The molecule has 0 radical (unpaired) electrons. The molecule has 66 valence electrons. The Bertz CT molecular complexity index is 121. The first-order chi connectivity index (χ1) is 5.27. The SMILES string of the molecule is CNC[C@H]1C[C@H](SC)[C@@H](O)C1. The summed E-state index contributed by atoms with van der Waals surface area (Å²) in [6.07, 6.45) is 4.16. The van der Waals surface area contributed by atoms with Crippen molar-refractivity contribution < 1.29 is 5.11 Å². The fourth-order valence-electron chi connectivity index (χ4n) is 1.78. The second kappa shape index (κ2) is 4.33. The second-order valence-electron chi connectivity index (χ2n) is 3.24. The number of rotatable bonds is 3. The molecule has 0 spiro atoms. The zero-order chi connectivity index (χ0) is 8.27. The third-order valence-corrected chi connectivity index (χ3v) is 3.48. The molecule has 1 saturated carbocycles. The predicted octanol–water partition coefficient (Wildman–Crippen LogP) is 0.708. The standard InChI is InChI=1S/C8H17NOS/c1-9-5-6-3-7(10)8(4-6)11-2/h6-10H,3-5H2,1-2H3/t6-,7+,8+/m1/s1. The summed E-state index contributed by atoms with van der Waals surface area (Å²) in [5, 5.41) is 13.2. The van der Waals surface area contributed by atoms with Crippen LogP contribution in [0, 0.1) is 5.92 Å². The van der Waals surface area contributed by atoms with Crippen molar-refractivity contribution in [3.8, 4) is 0 Å². The van der Waals surface area contributed by atoms with Gasteiger partial charge in [-0.1, -0.05) is 0 Å². The molecule has 1 fully saturated rings. The second-order valence-corrected chi connectivity index (χ2v) is 4.31. The van der Waals surface area contributed by atoms with E-state index < -0.39 is 0 Å². The van der Waals surface area contributed by atoms with Gasteiger partial charge in [0, 0.05) is 5.25 Å². The highest BCUT2D eigenvalue weighted by Gasteiger charge is 2.31. The number of hydrogen-bond acceptors (Lipinski definition) is 3. The van der Waals surface area contributed by atoms with Crippen molar-refractivity contribution in [3.05, 3.63) is 0 Å². The Morgan fingerprint density at radius 1 is 1.55 bits per heavy atom. The minimum atomic E-state index is -0.0663. The van der Waals surface area contributed by atoms with E-state index in [0.29, 0.717) is 11.2 Å².